The molecule has 0 fully saturated rings. The van der Waals surface area contributed by atoms with Gasteiger partial charge in [0.15, 0.2) is 5.71 Å². The molecule has 4 nitrogen and oxygen atoms in total. The quantitative estimate of drug-likeness (QED) is 0.796. The van der Waals surface area contributed by atoms with Crippen LogP contribution in [-0.2, 0) is 5.54 Å². The first-order valence-electron chi connectivity index (χ1n) is 5.12. The SMILES string of the molecule is CC1(c2cncc(F)c2)CC=C(N)C(C#N)=N1. The van der Waals surface area contributed by atoms with Crippen molar-refractivity contribution in [2.45, 2.75) is 18.9 Å². The van der Waals surface area contributed by atoms with Crippen molar-refractivity contribution in [3.8, 4) is 6.07 Å². The summed E-state index contributed by atoms with van der Waals surface area (Å²) in [4.78, 5) is 8.08. The first kappa shape index (κ1) is 11.3. The van der Waals surface area contributed by atoms with Crippen molar-refractivity contribution < 1.29 is 4.39 Å². The summed E-state index contributed by atoms with van der Waals surface area (Å²) in [6.07, 6.45) is 4.94. The number of dihydropyridines is 1. The molecule has 0 aromatic carbocycles. The number of hydrogen-bond acceptors (Lipinski definition) is 4. The fourth-order valence-corrected chi connectivity index (χ4v) is 1.74. The number of halogens is 1. The summed E-state index contributed by atoms with van der Waals surface area (Å²) in [5.74, 6) is -0.417. The van der Waals surface area contributed by atoms with Crippen LogP contribution in [0.15, 0.2) is 35.2 Å². The molecule has 1 atom stereocenters. The highest BCUT2D eigenvalue weighted by Gasteiger charge is 2.30. The smallest absolute Gasteiger partial charge is 0.158 e. The van der Waals surface area contributed by atoms with Crippen LogP contribution in [0.4, 0.5) is 4.39 Å². The van der Waals surface area contributed by atoms with Gasteiger partial charge >= 0.3 is 0 Å². The average Bonchev–Trinajstić information content (AvgIpc) is 2.32. The maximum absolute atomic E-state index is 13.1. The van der Waals surface area contributed by atoms with Crippen LogP contribution in [0.25, 0.3) is 0 Å². The number of rotatable bonds is 1. The van der Waals surface area contributed by atoms with E-state index in [0.717, 1.165) is 6.20 Å². The topological polar surface area (TPSA) is 75.1 Å². The van der Waals surface area contributed by atoms with Crippen LogP contribution in [-0.4, -0.2) is 10.7 Å². The lowest BCUT2D eigenvalue weighted by atomic mass is 9.87. The summed E-state index contributed by atoms with van der Waals surface area (Å²) in [6.45, 7) is 1.82. The van der Waals surface area contributed by atoms with E-state index in [2.05, 4.69) is 9.98 Å². The van der Waals surface area contributed by atoms with Crippen molar-refractivity contribution in [3.63, 3.8) is 0 Å². The number of aliphatic imine (C=N–C) groups is 1. The maximum atomic E-state index is 13.1. The summed E-state index contributed by atoms with van der Waals surface area (Å²) in [6, 6.07) is 3.31. The Hall–Kier alpha value is -2.22. The molecule has 0 saturated heterocycles. The molecule has 0 spiro atoms. The second-order valence-electron chi connectivity index (χ2n) is 4.10. The standard InChI is InChI=1S/C12H11FN4/c1-12(8-4-9(13)7-16-6-8)3-2-10(15)11(5-14)17-12/h2,4,6-7H,3,15H2,1H3. The Labute approximate surface area is 98.3 Å². The minimum absolute atomic E-state index is 0.183. The fraction of sp³-hybridized carbons (Fsp3) is 0.250. The van der Waals surface area contributed by atoms with Crippen molar-refractivity contribution >= 4 is 5.71 Å². The van der Waals surface area contributed by atoms with Gasteiger partial charge in [-0.2, -0.15) is 5.26 Å². The van der Waals surface area contributed by atoms with E-state index in [0.29, 0.717) is 17.7 Å². The van der Waals surface area contributed by atoms with Crippen LogP contribution >= 0.6 is 0 Å². The Balaban J connectivity index is 2.46. The van der Waals surface area contributed by atoms with Gasteiger partial charge in [-0.1, -0.05) is 6.08 Å². The number of nitrogens with two attached hydrogens (primary N) is 1. The van der Waals surface area contributed by atoms with Crippen molar-refractivity contribution in [2.75, 3.05) is 0 Å². The predicted molar refractivity (Wildman–Crippen MR) is 61.5 cm³/mol. The average molecular weight is 230 g/mol. The van der Waals surface area contributed by atoms with Gasteiger partial charge in [0, 0.05) is 11.8 Å². The zero-order chi connectivity index (χ0) is 12.5. The largest absolute Gasteiger partial charge is 0.397 e. The Morgan fingerprint density at radius 3 is 2.94 bits per heavy atom. The number of hydrogen-bond donors (Lipinski definition) is 1. The van der Waals surface area contributed by atoms with Gasteiger partial charge in [-0.05, 0) is 19.4 Å². The number of nitriles is 1. The van der Waals surface area contributed by atoms with Gasteiger partial charge < -0.3 is 5.73 Å². The molecule has 0 saturated carbocycles. The van der Waals surface area contributed by atoms with E-state index in [1.165, 1.54) is 6.07 Å². The first-order valence-corrected chi connectivity index (χ1v) is 5.12. The monoisotopic (exact) mass is 230 g/mol. The molecule has 2 N–H and O–H groups in total. The number of allylic oxidation sites excluding steroid dienone is 1. The Morgan fingerprint density at radius 2 is 2.29 bits per heavy atom. The van der Waals surface area contributed by atoms with E-state index in [9.17, 15) is 4.39 Å². The summed E-state index contributed by atoms with van der Waals surface area (Å²) in [5.41, 5.74) is 6.15. The van der Waals surface area contributed by atoms with Crippen molar-refractivity contribution in [2.24, 2.45) is 10.7 Å². The lowest BCUT2D eigenvalue weighted by Gasteiger charge is -2.27. The van der Waals surface area contributed by atoms with Gasteiger partial charge in [0.2, 0.25) is 0 Å². The van der Waals surface area contributed by atoms with E-state index in [4.69, 9.17) is 11.0 Å². The lowest BCUT2D eigenvalue weighted by molar-refractivity contribution is 0.491. The van der Waals surface area contributed by atoms with Crippen LogP contribution in [0.1, 0.15) is 18.9 Å². The molecular formula is C12H11FN4. The molecule has 2 rings (SSSR count). The molecule has 2 heterocycles. The highest BCUT2D eigenvalue weighted by atomic mass is 19.1. The zero-order valence-electron chi connectivity index (χ0n) is 9.31. The summed E-state index contributed by atoms with van der Waals surface area (Å²) in [7, 11) is 0. The van der Waals surface area contributed by atoms with E-state index < -0.39 is 11.4 Å². The molecule has 0 bridgehead atoms. The molecule has 1 aromatic rings. The molecule has 1 aliphatic heterocycles. The van der Waals surface area contributed by atoms with Crippen LogP contribution in [0, 0.1) is 17.1 Å². The van der Waals surface area contributed by atoms with Crippen molar-refractivity contribution in [1.29, 1.82) is 5.26 Å². The fourth-order valence-electron chi connectivity index (χ4n) is 1.74. The Morgan fingerprint density at radius 1 is 1.53 bits per heavy atom. The molecule has 86 valence electrons. The normalized spacial score (nSPS) is 23.6. The Bertz CT molecular complexity index is 556. The first-order chi connectivity index (χ1) is 8.05. The van der Waals surface area contributed by atoms with Crippen LogP contribution < -0.4 is 5.73 Å². The second-order valence-corrected chi connectivity index (χ2v) is 4.10. The van der Waals surface area contributed by atoms with E-state index in [-0.39, 0.29) is 5.71 Å². The molecule has 1 unspecified atom stereocenters. The van der Waals surface area contributed by atoms with Crippen molar-refractivity contribution in [3.05, 3.63) is 41.6 Å². The van der Waals surface area contributed by atoms with E-state index in [1.54, 1.807) is 12.3 Å². The van der Waals surface area contributed by atoms with Gasteiger partial charge in [0.25, 0.3) is 0 Å². The number of pyridine rings is 1. The molecule has 5 heteroatoms. The summed E-state index contributed by atoms with van der Waals surface area (Å²) < 4.78 is 13.1. The van der Waals surface area contributed by atoms with Gasteiger partial charge in [-0.25, -0.2) is 4.39 Å². The zero-order valence-corrected chi connectivity index (χ0v) is 9.31. The van der Waals surface area contributed by atoms with Gasteiger partial charge in [0.05, 0.1) is 17.4 Å². The third-order valence-corrected chi connectivity index (χ3v) is 2.78. The minimum Gasteiger partial charge on any atom is -0.397 e. The molecule has 0 radical (unpaired) electrons. The van der Waals surface area contributed by atoms with Gasteiger partial charge in [-0.3, -0.25) is 9.98 Å². The highest BCUT2D eigenvalue weighted by Crippen LogP contribution is 2.32. The summed E-state index contributed by atoms with van der Waals surface area (Å²) >= 11 is 0. The third kappa shape index (κ3) is 2.02. The second kappa shape index (κ2) is 3.98. The minimum atomic E-state index is -0.678. The lowest BCUT2D eigenvalue weighted by Crippen LogP contribution is -2.27. The van der Waals surface area contributed by atoms with E-state index in [1.807, 2.05) is 13.0 Å². The molecule has 0 amide bonds. The number of nitrogens with zero attached hydrogens (tertiary/aromatic N) is 3. The van der Waals surface area contributed by atoms with Gasteiger partial charge in [-0.15, -0.1) is 0 Å². The van der Waals surface area contributed by atoms with Crippen LogP contribution in [0.5, 0.6) is 0 Å². The van der Waals surface area contributed by atoms with Gasteiger partial charge in [0.1, 0.15) is 11.9 Å². The summed E-state index contributed by atoms with van der Waals surface area (Å²) in [5, 5.41) is 8.90. The predicted octanol–water partition coefficient (Wildman–Crippen LogP) is 1.65. The molecule has 0 aliphatic carbocycles. The Kier molecular flexibility index (Phi) is 2.64. The molecule has 1 aromatic heterocycles. The van der Waals surface area contributed by atoms with Crippen LogP contribution in [0.2, 0.25) is 0 Å². The van der Waals surface area contributed by atoms with Crippen LogP contribution in [0.3, 0.4) is 0 Å². The third-order valence-electron chi connectivity index (χ3n) is 2.78. The van der Waals surface area contributed by atoms with Crippen molar-refractivity contribution in [1.82, 2.24) is 4.98 Å². The maximum Gasteiger partial charge on any atom is 0.158 e. The molecule has 1 aliphatic rings. The molecular weight excluding hydrogens is 219 g/mol. The number of aromatic nitrogens is 1. The molecule has 17 heavy (non-hydrogen) atoms. The highest BCUT2D eigenvalue weighted by molar-refractivity contribution is 6.11. The van der Waals surface area contributed by atoms with E-state index >= 15 is 0 Å².